The largest absolute Gasteiger partial charge is 0.409 e. The highest BCUT2D eigenvalue weighted by atomic mass is 19.1. The number of rotatable bonds is 3. The number of nitrogens with zero attached hydrogens (tertiary/aromatic N) is 1. The van der Waals surface area contributed by atoms with E-state index in [-0.39, 0.29) is 28.9 Å². The summed E-state index contributed by atoms with van der Waals surface area (Å²) in [7, 11) is 0. The van der Waals surface area contributed by atoms with Crippen LogP contribution in [0.5, 0.6) is 0 Å². The van der Waals surface area contributed by atoms with E-state index < -0.39 is 5.82 Å². The quantitative estimate of drug-likeness (QED) is 0.341. The van der Waals surface area contributed by atoms with Gasteiger partial charge in [0.15, 0.2) is 5.84 Å². The fourth-order valence-corrected chi connectivity index (χ4v) is 3.37. The Hall–Kier alpha value is -2.11. The molecule has 4 N–H and O–H groups in total. The van der Waals surface area contributed by atoms with Crippen LogP contribution in [0.1, 0.15) is 24.8 Å². The summed E-state index contributed by atoms with van der Waals surface area (Å²) in [6.45, 7) is 0. The Morgan fingerprint density at radius 1 is 1.40 bits per heavy atom. The zero-order valence-electron chi connectivity index (χ0n) is 10.8. The lowest BCUT2D eigenvalue weighted by Gasteiger charge is -2.11. The molecule has 1 amide bonds. The maximum Gasteiger partial charge on any atom is 0.228 e. The van der Waals surface area contributed by atoms with Gasteiger partial charge in [-0.1, -0.05) is 17.6 Å². The number of amidine groups is 1. The van der Waals surface area contributed by atoms with Gasteiger partial charge >= 0.3 is 0 Å². The second kappa shape index (κ2) is 4.77. The summed E-state index contributed by atoms with van der Waals surface area (Å²) in [5.74, 6) is -0.0836. The number of carbonyl (C=O) groups is 1. The van der Waals surface area contributed by atoms with Gasteiger partial charge in [-0.15, -0.1) is 0 Å². The number of amides is 1. The summed E-state index contributed by atoms with van der Waals surface area (Å²) < 4.78 is 13.8. The van der Waals surface area contributed by atoms with E-state index in [1.807, 2.05) is 0 Å². The Morgan fingerprint density at radius 2 is 2.10 bits per heavy atom. The summed E-state index contributed by atoms with van der Waals surface area (Å²) in [4.78, 5) is 12.2. The maximum atomic E-state index is 13.8. The van der Waals surface area contributed by atoms with Crippen LogP contribution in [-0.4, -0.2) is 17.0 Å². The molecule has 20 heavy (non-hydrogen) atoms. The predicted molar refractivity (Wildman–Crippen MR) is 71.9 cm³/mol. The molecule has 2 atom stereocenters. The highest BCUT2D eigenvalue weighted by Gasteiger charge is 2.56. The lowest BCUT2D eigenvalue weighted by molar-refractivity contribution is -0.118. The number of oxime groups is 1. The number of hydrogen-bond donors (Lipinski definition) is 3. The van der Waals surface area contributed by atoms with Gasteiger partial charge in [-0.3, -0.25) is 4.79 Å². The molecule has 0 aromatic heterocycles. The summed E-state index contributed by atoms with van der Waals surface area (Å²) in [6, 6.07) is 4.23. The SMILES string of the molecule is N/C(=N/O)c1c(F)cccc1NC(=O)C1C2CCCC21. The minimum Gasteiger partial charge on any atom is -0.409 e. The van der Waals surface area contributed by atoms with Gasteiger partial charge in [0.05, 0.1) is 11.3 Å². The van der Waals surface area contributed by atoms with Gasteiger partial charge in [0.2, 0.25) is 5.91 Å². The van der Waals surface area contributed by atoms with Crippen molar-refractivity contribution in [1.82, 2.24) is 0 Å². The van der Waals surface area contributed by atoms with Crippen molar-refractivity contribution in [3.05, 3.63) is 29.6 Å². The first-order valence-electron chi connectivity index (χ1n) is 6.70. The summed E-state index contributed by atoms with van der Waals surface area (Å²) >= 11 is 0. The standard InChI is InChI=1S/C14H16FN3O2/c15-9-5-2-6-10(12(9)13(16)18-20)17-14(19)11-7-3-1-4-8(7)11/h2,5-8,11,20H,1,3-4H2,(H2,16,18)(H,17,19). The summed E-state index contributed by atoms with van der Waals surface area (Å²) in [6.07, 6.45) is 3.38. The van der Waals surface area contributed by atoms with Gasteiger partial charge in [0.25, 0.3) is 0 Å². The zero-order chi connectivity index (χ0) is 14.3. The third-order valence-corrected chi connectivity index (χ3v) is 4.34. The van der Waals surface area contributed by atoms with Crippen LogP contribution in [0.25, 0.3) is 0 Å². The summed E-state index contributed by atoms with van der Waals surface area (Å²) in [5.41, 5.74) is 5.63. The molecule has 106 valence electrons. The molecule has 2 saturated carbocycles. The molecule has 0 bridgehead atoms. The topological polar surface area (TPSA) is 87.7 Å². The molecular formula is C14H16FN3O2. The van der Waals surface area contributed by atoms with Crippen molar-refractivity contribution < 1.29 is 14.4 Å². The smallest absolute Gasteiger partial charge is 0.228 e. The van der Waals surface area contributed by atoms with Crippen LogP contribution in [-0.2, 0) is 4.79 Å². The van der Waals surface area contributed by atoms with Gasteiger partial charge in [-0.25, -0.2) is 4.39 Å². The Morgan fingerprint density at radius 3 is 2.75 bits per heavy atom. The van der Waals surface area contributed by atoms with E-state index in [9.17, 15) is 9.18 Å². The second-order valence-electron chi connectivity index (χ2n) is 5.42. The molecule has 1 aromatic carbocycles. The average molecular weight is 277 g/mol. The maximum absolute atomic E-state index is 13.8. The molecule has 1 aromatic rings. The van der Waals surface area contributed by atoms with Crippen LogP contribution in [0.3, 0.4) is 0 Å². The van der Waals surface area contributed by atoms with Crippen LogP contribution in [0, 0.1) is 23.6 Å². The van der Waals surface area contributed by atoms with E-state index in [2.05, 4.69) is 10.5 Å². The van der Waals surface area contributed by atoms with E-state index in [0.717, 1.165) is 12.8 Å². The first-order valence-corrected chi connectivity index (χ1v) is 6.70. The summed E-state index contributed by atoms with van der Waals surface area (Å²) in [5, 5.41) is 14.2. The number of hydrogen-bond acceptors (Lipinski definition) is 3. The molecule has 2 fully saturated rings. The lowest BCUT2D eigenvalue weighted by atomic mass is 10.1. The molecule has 0 aliphatic heterocycles. The normalized spacial score (nSPS) is 28.1. The first kappa shape index (κ1) is 12.9. The third kappa shape index (κ3) is 2.01. The number of anilines is 1. The van der Waals surface area contributed by atoms with Gasteiger partial charge in [-0.2, -0.15) is 0 Å². The zero-order valence-corrected chi connectivity index (χ0v) is 10.8. The van der Waals surface area contributed by atoms with E-state index in [1.54, 1.807) is 6.07 Å². The van der Waals surface area contributed by atoms with Gasteiger partial charge < -0.3 is 16.3 Å². The lowest BCUT2D eigenvalue weighted by Crippen LogP contribution is -2.22. The third-order valence-electron chi connectivity index (χ3n) is 4.34. The number of halogens is 1. The molecule has 2 aliphatic rings. The Kier molecular flexibility index (Phi) is 3.08. The Labute approximate surface area is 115 Å². The Balaban J connectivity index is 1.81. The van der Waals surface area contributed by atoms with Gasteiger partial charge in [-0.05, 0) is 36.8 Å². The van der Waals surface area contributed by atoms with Gasteiger partial charge in [0, 0.05) is 5.92 Å². The van der Waals surface area contributed by atoms with Crippen molar-refractivity contribution in [1.29, 1.82) is 0 Å². The average Bonchev–Trinajstić information content (AvgIpc) is 2.92. The van der Waals surface area contributed by atoms with Crippen molar-refractivity contribution in [2.75, 3.05) is 5.32 Å². The van der Waals surface area contributed by atoms with E-state index >= 15 is 0 Å². The number of nitrogens with two attached hydrogens (primary N) is 1. The van der Waals surface area contributed by atoms with Crippen LogP contribution in [0.15, 0.2) is 23.4 Å². The number of carbonyl (C=O) groups excluding carboxylic acids is 1. The highest BCUT2D eigenvalue weighted by molar-refractivity contribution is 6.06. The van der Waals surface area contributed by atoms with Gasteiger partial charge in [0.1, 0.15) is 5.82 Å². The molecule has 6 heteroatoms. The van der Waals surface area contributed by atoms with Crippen molar-refractivity contribution in [2.24, 2.45) is 28.6 Å². The fourth-order valence-electron chi connectivity index (χ4n) is 3.37. The van der Waals surface area contributed by atoms with Crippen molar-refractivity contribution in [3.8, 4) is 0 Å². The number of benzene rings is 1. The molecular weight excluding hydrogens is 261 g/mol. The number of nitrogens with one attached hydrogen (secondary N) is 1. The van der Waals surface area contributed by atoms with Crippen molar-refractivity contribution in [2.45, 2.75) is 19.3 Å². The number of fused-ring (bicyclic) bond motifs is 1. The molecule has 0 heterocycles. The Bertz CT molecular complexity index is 578. The van der Waals surface area contributed by atoms with Crippen LogP contribution >= 0.6 is 0 Å². The fraction of sp³-hybridized carbons (Fsp3) is 0.429. The minimum absolute atomic E-state index is 0.0344. The molecule has 2 aliphatic carbocycles. The molecule has 2 unspecified atom stereocenters. The van der Waals surface area contributed by atoms with Crippen LogP contribution < -0.4 is 11.1 Å². The second-order valence-corrected chi connectivity index (χ2v) is 5.42. The predicted octanol–water partition coefficient (Wildman–Crippen LogP) is 1.90. The molecule has 0 spiro atoms. The highest BCUT2D eigenvalue weighted by Crippen LogP contribution is 2.57. The van der Waals surface area contributed by atoms with Crippen molar-refractivity contribution >= 4 is 17.4 Å². The van der Waals surface area contributed by atoms with Crippen molar-refractivity contribution in [3.63, 3.8) is 0 Å². The molecule has 0 radical (unpaired) electrons. The minimum atomic E-state index is -0.630. The van der Waals surface area contributed by atoms with E-state index in [1.165, 1.54) is 18.6 Å². The van der Waals surface area contributed by atoms with Crippen LogP contribution in [0.4, 0.5) is 10.1 Å². The monoisotopic (exact) mass is 277 g/mol. The van der Waals surface area contributed by atoms with Crippen LogP contribution in [0.2, 0.25) is 0 Å². The van der Waals surface area contributed by atoms with E-state index in [4.69, 9.17) is 10.9 Å². The first-order chi connectivity index (χ1) is 9.63. The van der Waals surface area contributed by atoms with E-state index in [0.29, 0.717) is 11.8 Å². The molecule has 5 nitrogen and oxygen atoms in total. The molecule has 0 saturated heterocycles. The molecule has 3 rings (SSSR count).